The minimum atomic E-state index is -0.319. The second kappa shape index (κ2) is 7.01. The molecule has 1 aromatic rings. The van der Waals surface area contributed by atoms with Crippen LogP contribution in [-0.2, 0) is 4.79 Å². The number of benzene rings is 1. The minimum absolute atomic E-state index is 0.0536. The lowest BCUT2D eigenvalue weighted by atomic mass is 10.0. The van der Waals surface area contributed by atoms with Crippen LogP contribution in [0.25, 0.3) is 0 Å². The fraction of sp³-hybridized carbons (Fsp3) is 0.529. The first-order valence-electron chi connectivity index (χ1n) is 8.17. The van der Waals surface area contributed by atoms with E-state index in [0.29, 0.717) is 25.2 Å². The van der Waals surface area contributed by atoms with E-state index >= 15 is 0 Å². The van der Waals surface area contributed by atoms with Gasteiger partial charge in [0.15, 0.2) is 0 Å². The van der Waals surface area contributed by atoms with E-state index < -0.39 is 0 Å². The summed E-state index contributed by atoms with van der Waals surface area (Å²) in [5, 5.41) is 0. The van der Waals surface area contributed by atoms with Crippen LogP contribution in [-0.4, -0.2) is 53.3 Å². The minimum Gasteiger partial charge on any atom is -0.341 e. The van der Waals surface area contributed by atoms with Crippen LogP contribution in [0.4, 0.5) is 0 Å². The summed E-state index contributed by atoms with van der Waals surface area (Å²) in [5.74, 6) is 0.0296. The Bertz CT molecular complexity index is 582. The Morgan fingerprint density at radius 1 is 1.04 bits per heavy atom. The summed E-state index contributed by atoms with van der Waals surface area (Å²) in [5.41, 5.74) is 6.54. The predicted molar refractivity (Wildman–Crippen MR) is 92.0 cm³/mol. The highest BCUT2D eigenvalue weighted by Crippen LogP contribution is 2.24. The van der Waals surface area contributed by atoms with E-state index in [9.17, 15) is 9.59 Å². The molecule has 2 saturated heterocycles. The Balaban J connectivity index is 1.70. The van der Waals surface area contributed by atoms with E-state index in [1.54, 1.807) is 17.0 Å². The molecule has 2 aliphatic rings. The molecular formula is C17H22BrN3O2. The molecule has 6 heteroatoms. The van der Waals surface area contributed by atoms with Crippen molar-refractivity contribution in [3.63, 3.8) is 0 Å². The van der Waals surface area contributed by atoms with Crippen molar-refractivity contribution in [2.45, 2.75) is 37.8 Å². The first-order chi connectivity index (χ1) is 11.1. The Labute approximate surface area is 144 Å². The number of hydrogen-bond donors (Lipinski definition) is 1. The van der Waals surface area contributed by atoms with E-state index in [4.69, 9.17) is 5.73 Å². The Kier molecular flexibility index (Phi) is 5.02. The number of nitrogens with two attached hydrogens (primary N) is 1. The summed E-state index contributed by atoms with van der Waals surface area (Å²) in [6, 6.07) is 7.18. The molecule has 23 heavy (non-hydrogen) atoms. The molecule has 0 aliphatic carbocycles. The van der Waals surface area contributed by atoms with E-state index in [-0.39, 0.29) is 23.9 Å². The fourth-order valence-electron chi connectivity index (χ4n) is 3.36. The maximum Gasteiger partial charge on any atom is 0.254 e. The Morgan fingerprint density at radius 2 is 1.70 bits per heavy atom. The van der Waals surface area contributed by atoms with Gasteiger partial charge in [-0.3, -0.25) is 9.59 Å². The van der Waals surface area contributed by atoms with Crippen LogP contribution in [0.3, 0.4) is 0 Å². The molecule has 2 heterocycles. The molecule has 3 rings (SSSR count). The van der Waals surface area contributed by atoms with Crippen LogP contribution in [0, 0.1) is 0 Å². The highest BCUT2D eigenvalue weighted by Gasteiger charge is 2.37. The number of nitrogens with zero attached hydrogens (tertiary/aromatic N) is 2. The third kappa shape index (κ3) is 3.58. The molecule has 0 bridgehead atoms. The van der Waals surface area contributed by atoms with Gasteiger partial charge in [0.1, 0.15) is 6.04 Å². The highest BCUT2D eigenvalue weighted by molar-refractivity contribution is 9.10. The number of amides is 2. The second-order valence-electron chi connectivity index (χ2n) is 6.33. The van der Waals surface area contributed by atoms with Crippen molar-refractivity contribution in [1.82, 2.24) is 9.80 Å². The van der Waals surface area contributed by atoms with E-state index in [0.717, 1.165) is 30.2 Å². The summed E-state index contributed by atoms with van der Waals surface area (Å²) in [6.45, 7) is 2.06. The van der Waals surface area contributed by atoms with Crippen LogP contribution in [0.15, 0.2) is 28.7 Å². The molecule has 0 aromatic heterocycles. The molecule has 2 amide bonds. The molecule has 5 nitrogen and oxygen atoms in total. The van der Waals surface area contributed by atoms with Crippen LogP contribution >= 0.6 is 15.9 Å². The summed E-state index contributed by atoms with van der Waals surface area (Å²) < 4.78 is 0.938. The lowest BCUT2D eigenvalue weighted by Gasteiger charge is -2.34. The zero-order valence-electron chi connectivity index (χ0n) is 13.1. The maximum atomic E-state index is 12.8. The number of halogens is 1. The van der Waals surface area contributed by atoms with Gasteiger partial charge in [-0.15, -0.1) is 0 Å². The third-order valence-corrected chi connectivity index (χ3v) is 5.27. The molecule has 1 aromatic carbocycles. The van der Waals surface area contributed by atoms with Gasteiger partial charge >= 0.3 is 0 Å². The average Bonchev–Trinajstić information content (AvgIpc) is 3.04. The topological polar surface area (TPSA) is 66.6 Å². The van der Waals surface area contributed by atoms with Crippen molar-refractivity contribution < 1.29 is 9.59 Å². The van der Waals surface area contributed by atoms with E-state index in [1.165, 1.54) is 0 Å². The Morgan fingerprint density at radius 3 is 2.35 bits per heavy atom. The lowest BCUT2D eigenvalue weighted by molar-refractivity contribution is -0.136. The molecule has 0 radical (unpaired) electrons. The first kappa shape index (κ1) is 16.5. The van der Waals surface area contributed by atoms with Gasteiger partial charge in [0, 0.05) is 35.7 Å². The first-order valence-corrected chi connectivity index (χ1v) is 8.96. The largest absolute Gasteiger partial charge is 0.341 e. The van der Waals surface area contributed by atoms with Crippen molar-refractivity contribution in [2.24, 2.45) is 5.73 Å². The quantitative estimate of drug-likeness (QED) is 0.854. The molecule has 1 atom stereocenters. The monoisotopic (exact) mass is 379 g/mol. The van der Waals surface area contributed by atoms with Crippen molar-refractivity contribution in [3.05, 3.63) is 34.3 Å². The van der Waals surface area contributed by atoms with Gasteiger partial charge in [-0.05, 0) is 49.9 Å². The van der Waals surface area contributed by atoms with Gasteiger partial charge in [0.2, 0.25) is 5.91 Å². The summed E-state index contributed by atoms with van der Waals surface area (Å²) in [6.07, 6.45) is 3.33. The standard InChI is InChI=1S/C17H22BrN3O2/c18-13-5-3-12(4-6-13)16(22)21-9-1-2-15(21)17(23)20-10-7-14(19)8-11-20/h3-6,14-15H,1-2,7-11,19H2. The lowest BCUT2D eigenvalue weighted by Crippen LogP contribution is -2.51. The normalized spacial score (nSPS) is 22.4. The van der Waals surface area contributed by atoms with Crippen LogP contribution in [0.5, 0.6) is 0 Å². The molecule has 0 spiro atoms. The predicted octanol–water partition coefficient (Wildman–Crippen LogP) is 2.00. The molecule has 2 fully saturated rings. The van der Waals surface area contributed by atoms with Gasteiger partial charge in [-0.1, -0.05) is 15.9 Å². The van der Waals surface area contributed by atoms with Crippen LogP contribution in [0.2, 0.25) is 0 Å². The number of piperidine rings is 1. The third-order valence-electron chi connectivity index (χ3n) is 4.74. The van der Waals surface area contributed by atoms with Crippen molar-refractivity contribution >= 4 is 27.7 Å². The van der Waals surface area contributed by atoms with Gasteiger partial charge in [-0.2, -0.15) is 0 Å². The second-order valence-corrected chi connectivity index (χ2v) is 7.24. The van der Waals surface area contributed by atoms with Crippen molar-refractivity contribution in [3.8, 4) is 0 Å². The summed E-state index contributed by atoms with van der Waals surface area (Å²) in [4.78, 5) is 29.1. The summed E-state index contributed by atoms with van der Waals surface area (Å²) in [7, 11) is 0. The summed E-state index contributed by atoms with van der Waals surface area (Å²) >= 11 is 3.37. The number of likely N-dealkylation sites (tertiary alicyclic amines) is 2. The fourth-order valence-corrected chi connectivity index (χ4v) is 3.62. The molecule has 0 saturated carbocycles. The molecule has 2 N–H and O–H groups in total. The number of rotatable bonds is 2. The zero-order chi connectivity index (χ0) is 16.4. The molecular weight excluding hydrogens is 358 g/mol. The average molecular weight is 380 g/mol. The highest BCUT2D eigenvalue weighted by atomic mass is 79.9. The smallest absolute Gasteiger partial charge is 0.254 e. The van der Waals surface area contributed by atoms with Gasteiger partial charge in [-0.25, -0.2) is 0 Å². The molecule has 2 aliphatic heterocycles. The van der Waals surface area contributed by atoms with Crippen LogP contribution < -0.4 is 5.73 Å². The molecule has 124 valence electrons. The van der Waals surface area contributed by atoms with Gasteiger partial charge in [0.25, 0.3) is 5.91 Å². The van der Waals surface area contributed by atoms with Crippen molar-refractivity contribution in [1.29, 1.82) is 0 Å². The van der Waals surface area contributed by atoms with Crippen LogP contribution in [0.1, 0.15) is 36.0 Å². The van der Waals surface area contributed by atoms with E-state index in [2.05, 4.69) is 15.9 Å². The Hall–Kier alpha value is -1.40. The van der Waals surface area contributed by atoms with Crippen molar-refractivity contribution in [2.75, 3.05) is 19.6 Å². The number of carbonyl (C=O) groups is 2. The molecule has 1 unspecified atom stereocenters. The zero-order valence-corrected chi connectivity index (χ0v) is 14.7. The maximum absolute atomic E-state index is 12.8. The number of carbonyl (C=O) groups excluding carboxylic acids is 2. The number of hydrogen-bond acceptors (Lipinski definition) is 3. The van der Waals surface area contributed by atoms with Gasteiger partial charge in [0.05, 0.1) is 0 Å². The van der Waals surface area contributed by atoms with E-state index in [1.807, 2.05) is 17.0 Å². The van der Waals surface area contributed by atoms with Gasteiger partial charge < -0.3 is 15.5 Å². The SMILES string of the molecule is NC1CCN(C(=O)C2CCCN2C(=O)c2ccc(Br)cc2)CC1.